The molecule has 0 aliphatic rings. The van der Waals surface area contributed by atoms with Gasteiger partial charge in [0.15, 0.2) is 0 Å². The first-order valence-electron chi connectivity index (χ1n) is 6.19. The molecule has 0 aromatic heterocycles. The summed E-state index contributed by atoms with van der Waals surface area (Å²) in [4.78, 5) is 10.7. The zero-order chi connectivity index (χ0) is 15.2. The normalized spacial score (nSPS) is 11.8. The van der Waals surface area contributed by atoms with Crippen molar-refractivity contribution < 1.29 is 23.1 Å². The zero-order valence-electron chi connectivity index (χ0n) is 11.6. The van der Waals surface area contributed by atoms with Gasteiger partial charge in [-0.25, -0.2) is 13.2 Å². The Morgan fingerprint density at radius 1 is 1.30 bits per heavy atom. The molecule has 0 bridgehead atoms. The van der Waals surface area contributed by atoms with Gasteiger partial charge in [0.25, 0.3) is 0 Å². The number of carboxylic acid groups (broad SMARTS) is 1. The van der Waals surface area contributed by atoms with Crippen LogP contribution in [0.15, 0.2) is 24.3 Å². The van der Waals surface area contributed by atoms with Crippen molar-refractivity contribution in [2.45, 2.75) is 12.7 Å². The molecule has 0 atom stereocenters. The molecule has 0 spiro atoms. The Balaban J connectivity index is 2.81. The molecule has 20 heavy (non-hydrogen) atoms. The molecule has 1 aromatic rings. The zero-order valence-corrected chi connectivity index (χ0v) is 12.4. The maximum atomic E-state index is 12.2. The Hall–Kier alpha value is -1.44. The Kier molecular flexibility index (Phi) is 6.12. The number of carbonyl (C=O) groups is 1. The van der Waals surface area contributed by atoms with E-state index in [-0.39, 0.29) is 11.3 Å². The lowest BCUT2D eigenvalue weighted by Crippen LogP contribution is -2.34. The van der Waals surface area contributed by atoms with Gasteiger partial charge >= 0.3 is 5.97 Å². The SMILES string of the molecule is CCN(CCOC)S(=O)(=O)Cc1ccc(C(=O)O)cc1. The van der Waals surface area contributed by atoms with E-state index < -0.39 is 16.0 Å². The van der Waals surface area contributed by atoms with E-state index in [1.807, 2.05) is 0 Å². The molecule has 6 nitrogen and oxygen atoms in total. The van der Waals surface area contributed by atoms with Gasteiger partial charge < -0.3 is 9.84 Å². The molecule has 0 aliphatic heterocycles. The first-order valence-corrected chi connectivity index (χ1v) is 7.80. The number of likely N-dealkylation sites (N-methyl/N-ethyl adjacent to an activating group) is 1. The van der Waals surface area contributed by atoms with E-state index in [0.29, 0.717) is 25.3 Å². The number of aromatic carboxylic acids is 1. The van der Waals surface area contributed by atoms with Crippen LogP contribution >= 0.6 is 0 Å². The van der Waals surface area contributed by atoms with Gasteiger partial charge in [-0.3, -0.25) is 0 Å². The second-order valence-electron chi connectivity index (χ2n) is 4.24. The predicted octanol–water partition coefficient (Wildman–Crippen LogP) is 1.18. The molecule has 7 heteroatoms. The Morgan fingerprint density at radius 2 is 1.90 bits per heavy atom. The molecule has 0 amide bonds. The van der Waals surface area contributed by atoms with E-state index in [9.17, 15) is 13.2 Å². The summed E-state index contributed by atoms with van der Waals surface area (Å²) in [5.41, 5.74) is 0.698. The van der Waals surface area contributed by atoms with Crippen LogP contribution in [0.3, 0.4) is 0 Å². The highest BCUT2D eigenvalue weighted by Crippen LogP contribution is 2.12. The van der Waals surface area contributed by atoms with Crippen molar-refractivity contribution in [2.24, 2.45) is 0 Å². The molecule has 0 aliphatic carbocycles. The average molecular weight is 301 g/mol. The van der Waals surface area contributed by atoms with E-state index in [2.05, 4.69) is 0 Å². The van der Waals surface area contributed by atoms with Crippen LogP contribution in [0.4, 0.5) is 0 Å². The van der Waals surface area contributed by atoms with Crippen LogP contribution in [0, 0.1) is 0 Å². The summed E-state index contributed by atoms with van der Waals surface area (Å²) in [5, 5.41) is 8.79. The first-order chi connectivity index (χ1) is 9.40. The number of sulfonamides is 1. The minimum absolute atomic E-state index is 0.137. The van der Waals surface area contributed by atoms with Gasteiger partial charge in [0.05, 0.1) is 17.9 Å². The van der Waals surface area contributed by atoms with Gasteiger partial charge in [-0.2, -0.15) is 4.31 Å². The summed E-state index contributed by atoms with van der Waals surface area (Å²) in [6.07, 6.45) is 0. The molecule has 0 heterocycles. The van der Waals surface area contributed by atoms with Crippen molar-refractivity contribution in [3.05, 3.63) is 35.4 Å². The smallest absolute Gasteiger partial charge is 0.335 e. The fraction of sp³-hybridized carbons (Fsp3) is 0.462. The molecule has 0 unspecified atom stereocenters. The molecular formula is C13H19NO5S. The molecule has 1 aromatic carbocycles. The van der Waals surface area contributed by atoms with Gasteiger partial charge in [-0.05, 0) is 17.7 Å². The van der Waals surface area contributed by atoms with Crippen molar-refractivity contribution in [3.63, 3.8) is 0 Å². The first kappa shape index (κ1) is 16.6. The Bertz CT molecular complexity index is 538. The standard InChI is InChI=1S/C13H19NO5S/c1-3-14(8-9-19-2)20(17,18)10-11-4-6-12(7-5-11)13(15)16/h4-7H,3,8-10H2,1-2H3,(H,15,16). The lowest BCUT2D eigenvalue weighted by molar-refractivity contribution is 0.0697. The minimum atomic E-state index is -3.42. The van der Waals surface area contributed by atoms with Gasteiger partial charge in [0.2, 0.25) is 10.0 Å². The summed E-state index contributed by atoms with van der Waals surface area (Å²) < 4.78 is 30.7. The Labute approximate surface area is 119 Å². The van der Waals surface area contributed by atoms with Crippen LogP contribution in [0.5, 0.6) is 0 Å². The van der Waals surface area contributed by atoms with Gasteiger partial charge in [-0.1, -0.05) is 19.1 Å². The van der Waals surface area contributed by atoms with Crippen LogP contribution in [0.2, 0.25) is 0 Å². The van der Waals surface area contributed by atoms with E-state index in [4.69, 9.17) is 9.84 Å². The summed E-state index contributed by atoms with van der Waals surface area (Å²) in [5.74, 6) is -1.18. The fourth-order valence-electron chi connectivity index (χ4n) is 1.73. The largest absolute Gasteiger partial charge is 0.478 e. The van der Waals surface area contributed by atoms with Crippen LogP contribution in [0.25, 0.3) is 0 Å². The molecule has 0 fully saturated rings. The minimum Gasteiger partial charge on any atom is -0.478 e. The van der Waals surface area contributed by atoms with E-state index >= 15 is 0 Å². The number of ether oxygens (including phenoxy) is 1. The number of carboxylic acids is 1. The van der Waals surface area contributed by atoms with Crippen molar-refractivity contribution in [1.82, 2.24) is 4.31 Å². The number of benzene rings is 1. The average Bonchev–Trinajstić information content (AvgIpc) is 2.39. The molecule has 0 radical (unpaired) electrons. The maximum absolute atomic E-state index is 12.2. The second kappa shape index (κ2) is 7.37. The summed E-state index contributed by atoms with van der Waals surface area (Å²) in [6, 6.07) is 5.84. The summed E-state index contributed by atoms with van der Waals surface area (Å²) >= 11 is 0. The fourth-order valence-corrected chi connectivity index (χ4v) is 3.27. The number of rotatable bonds is 8. The Morgan fingerprint density at radius 3 is 2.35 bits per heavy atom. The number of hydrogen-bond donors (Lipinski definition) is 1. The van der Waals surface area contributed by atoms with Crippen molar-refractivity contribution in [1.29, 1.82) is 0 Å². The highest BCUT2D eigenvalue weighted by molar-refractivity contribution is 7.88. The monoisotopic (exact) mass is 301 g/mol. The highest BCUT2D eigenvalue weighted by atomic mass is 32.2. The molecule has 1 N–H and O–H groups in total. The molecule has 112 valence electrons. The molecule has 0 saturated carbocycles. The third kappa shape index (κ3) is 4.59. The topological polar surface area (TPSA) is 83.9 Å². The third-order valence-corrected chi connectivity index (χ3v) is 4.77. The van der Waals surface area contributed by atoms with E-state index in [1.165, 1.54) is 35.7 Å². The van der Waals surface area contributed by atoms with Crippen LogP contribution < -0.4 is 0 Å². The van der Waals surface area contributed by atoms with Crippen molar-refractivity contribution >= 4 is 16.0 Å². The van der Waals surface area contributed by atoms with Crippen molar-refractivity contribution in [3.8, 4) is 0 Å². The van der Waals surface area contributed by atoms with Crippen LogP contribution in [0.1, 0.15) is 22.8 Å². The highest BCUT2D eigenvalue weighted by Gasteiger charge is 2.20. The predicted molar refractivity (Wildman–Crippen MR) is 75.1 cm³/mol. The summed E-state index contributed by atoms with van der Waals surface area (Å²) in [6.45, 7) is 2.78. The number of hydrogen-bond acceptors (Lipinski definition) is 4. The summed E-state index contributed by atoms with van der Waals surface area (Å²) in [7, 11) is -1.91. The molecule has 0 saturated heterocycles. The number of methoxy groups -OCH3 is 1. The molecule has 1 rings (SSSR count). The van der Waals surface area contributed by atoms with Crippen LogP contribution in [-0.4, -0.2) is 50.6 Å². The van der Waals surface area contributed by atoms with Gasteiger partial charge in [0.1, 0.15) is 0 Å². The van der Waals surface area contributed by atoms with Gasteiger partial charge in [0, 0.05) is 20.2 Å². The van der Waals surface area contributed by atoms with Crippen LogP contribution in [-0.2, 0) is 20.5 Å². The lowest BCUT2D eigenvalue weighted by Gasteiger charge is -2.20. The number of nitrogens with zero attached hydrogens (tertiary/aromatic N) is 1. The molecular weight excluding hydrogens is 282 g/mol. The van der Waals surface area contributed by atoms with Crippen molar-refractivity contribution in [2.75, 3.05) is 26.8 Å². The maximum Gasteiger partial charge on any atom is 0.335 e. The van der Waals surface area contributed by atoms with E-state index in [0.717, 1.165) is 0 Å². The van der Waals surface area contributed by atoms with E-state index in [1.54, 1.807) is 6.92 Å². The quantitative estimate of drug-likeness (QED) is 0.779. The lowest BCUT2D eigenvalue weighted by atomic mass is 10.1. The second-order valence-corrected chi connectivity index (χ2v) is 6.21. The van der Waals surface area contributed by atoms with Gasteiger partial charge in [-0.15, -0.1) is 0 Å². The third-order valence-electron chi connectivity index (χ3n) is 2.84.